The van der Waals surface area contributed by atoms with Gasteiger partial charge in [-0.1, -0.05) is 50.1 Å². The molecular weight excluding hydrogens is 216 g/mol. The average molecular weight is 235 g/mol. The topological polar surface area (TPSA) is 64.3 Å². The number of carbonyl (C=O) groups excluding carboxylic acids is 1. The van der Waals surface area contributed by atoms with Gasteiger partial charge in [-0.2, -0.15) is 0 Å². The molecule has 0 aliphatic rings. The maximum Gasteiger partial charge on any atom is 0.408 e. The minimum Gasteiger partial charge on any atom is -0.445 e. The first-order chi connectivity index (χ1) is 8.22. The lowest BCUT2D eigenvalue weighted by molar-refractivity contribution is 0.135. The Morgan fingerprint density at radius 2 is 2.12 bits per heavy atom. The number of nitrogens with one attached hydrogen (secondary N) is 1. The van der Waals surface area contributed by atoms with Crippen LogP contribution in [0.2, 0.25) is 0 Å². The molecule has 93 valence electrons. The summed E-state index contributed by atoms with van der Waals surface area (Å²) in [7, 11) is 0. The van der Waals surface area contributed by atoms with Gasteiger partial charge in [0.15, 0.2) is 0 Å². The molecule has 1 amide bonds. The monoisotopic (exact) mass is 235 g/mol. The van der Waals surface area contributed by atoms with Crippen LogP contribution in [0, 0.1) is 6.92 Å². The predicted octanol–water partition coefficient (Wildman–Crippen LogP) is 2.20. The molecule has 0 fully saturated rings. The Kier molecular flexibility index (Phi) is 6.10. The number of benzene rings is 1. The molecule has 1 aromatic rings. The van der Waals surface area contributed by atoms with Crippen molar-refractivity contribution in [2.75, 3.05) is 0 Å². The van der Waals surface area contributed by atoms with Crippen LogP contribution < -0.4 is 11.1 Å². The van der Waals surface area contributed by atoms with E-state index in [1.54, 1.807) is 0 Å². The summed E-state index contributed by atoms with van der Waals surface area (Å²) in [6.45, 7) is 3.97. The van der Waals surface area contributed by atoms with Crippen LogP contribution >= 0.6 is 0 Å². The van der Waals surface area contributed by atoms with Crippen molar-refractivity contribution in [1.29, 1.82) is 0 Å². The average Bonchev–Trinajstić information content (AvgIpc) is 2.35. The molecule has 1 atom stereocenters. The third-order valence-corrected chi connectivity index (χ3v) is 2.28. The van der Waals surface area contributed by atoms with E-state index in [4.69, 9.17) is 10.5 Å². The van der Waals surface area contributed by atoms with Gasteiger partial charge in [-0.25, -0.2) is 4.79 Å². The molecule has 3 N–H and O–H groups in total. The second kappa shape index (κ2) is 7.68. The smallest absolute Gasteiger partial charge is 0.408 e. The van der Waals surface area contributed by atoms with Gasteiger partial charge in [0.25, 0.3) is 0 Å². The number of hydrogen-bond donors (Lipinski definition) is 2. The molecule has 4 heteroatoms. The van der Waals surface area contributed by atoms with E-state index in [2.05, 4.69) is 12.2 Å². The van der Waals surface area contributed by atoms with Crippen molar-refractivity contribution < 1.29 is 9.53 Å². The maximum absolute atomic E-state index is 11.4. The summed E-state index contributed by atoms with van der Waals surface area (Å²) in [4.78, 5) is 11.4. The number of unbranched alkanes of at least 4 members (excludes halogenated alkanes) is 1. The highest BCUT2D eigenvalue weighted by atomic mass is 16.5. The number of carbonyl (C=O) groups is 1. The van der Waals surface area contributed by atoms with E-state index < -0.39 is 6.09 Å². The van der Waals surface area contributed by atoms with Gasteiger partial charge in [0, 0.05) is 0 Å². The van der Waals surface area contributed by atoms with Crippen molar-refractivity contribution in [3.8, 4) is 0 Å². The van der Waals surface area contributed by atoms with E-state index in [1.807, 2.05) is 30.3 Å². The molecule has 0 saturated carbocycles. The van der Waals surface area contributed by atoms with Crippen LogP contribution in [0.5, 0.6) is 0 Å². The number of nitrogens with two attached hydrogens (primary N) is 1. The van der Waals surface area contributed by atoms with Gasteiger partial charge in [0.2, 0.25) is 0 Å². The van der Waals surface area contributed by atoms with Gasteiger partial charge in [-0.3, -0.25) is 0 Å². The first-order valence-corrected chi connectivity index (χ1v) is 5.74. The van der Waals surface area contributed by atoms with Crippen LogP contribution in [0.15, 0.2) is 30.3 Å². The zero-order valence-electron chi connectivity index (χ0n) is 9.89. The minimum atomic E-state index is -0.481. The third-order valence-electron chi connectivity index (χ3n) is 2.28. The number of ether oxygens (including phenoxy) is 1. The number of alkyl carbamates (subject to hydrolysis) is 1. The largest absolute Gasteiger partial charge is 0.445 e. The number of amides is 1. The summed E-state index contributed by atoms with van der Waals surface area (Å²) in [6.07, 6.45) is 1.57. The summed E-state index contributed by atoms with van der Waals surface area (Å²) in [5.41, 5.74) is 6.64. The standard InChI is InChI=1S/C13H19N2O2/c1-2-3-9-12(14)15-13(16)17-10-11-7-5-4-6-8-11/h4-8,12H,1-3,9-10,14H2,(H,15,16). The number of rotatable bonds is 6. The summed E-state index contributed by atoms with van der Waals surface area (Å²) in [5, 5.41) is 2.57. The van der Waals surface area contributed by atoms with Crippen molar-refractivity contribution in [3.05, 3.63) is 42.8 Å². The second-order valence-corrected chi connectivity index (χ2v) is 3.81. The Labute approximate surface area is 102 Å². The molecule has 1 unspecified atom stereocenters. The van der Waals surface area contributed by atoms with Crippen molar-refractivity contribution >= 4 is 6.09 Å². The lowest BCUT2D eigenvalue weighted by Crippen LogP contribution is -2.41. The van der Waals surface area contributed by atoms with Crippen molar-refractivity contribution in [3.63, 3.8) is 0 Å². The second-order valence-electron chi connectivity index (χ2n) is 3.81. The summed E-state index contributed by atoms with van der Waals surface area (Å²) >= 11 is 0. The molecule has 1 rings (SSSR count). The Morgan fingerprint density at radius 3 is 2.76 bits per heavy atom. The first-order valence-electron chi connectivity index (χ1n) is 5.74. The van der Waals surface area contributed by atoms with E-state index in [9.17, 15) is 4.79 Å². The molecule has 0 aliphatic carbocycles. The van der Waals surface area contributed by atoms with Gasteiger partial charge >= 0.3 is 6.09 Å². The molecule has 17 heavy (non-hydrogen) atoms. The molecule has 1 aromatic carbocycles. The maximum atomic E-state index is 11.4. The highest BCUT2D eigenvalue weighted by Crippen LogP contribution is 2.01. The minimum absolute atomic E-state index is 0.259. The zero-order chi connectivity index (χ0) is 12.5. The fraction of sp³-hybridized carbons (Fsp3) is 0.385. The van der Waals surface area contributed by atoms with Crippen molar-refractivity contribution in [2.24, 2.45) is 5.73 Å². The van der Waals surface area contributed by atoms with Crippen molar-refractivity contribution in [1.82, 2.24) is 5.32 Å². The Balaban J connectivity index is 2.21. The van der Waals surface area contributed by atoms with E-state index in [0.717, 1.165) is 18.4 Å². The lowest BCUT2D eigenvalue weighted by Gasteiger charge is -2.13. The summed E-state index contributed by atoms with van der Waals surface area (Å²) in [5.74, 6) is 0. The molecule has 0 bridgehead atoms. The fourth-order valence-electron chi connectivity index (χ4n) is 1.35. The van der Waals surface area contributed by atoms with Gasteiger partial charge in [0.05, 0.1) is 6.17 Å². The Bertz CT molecular complexity index is 327. The van der Waals surface area contributed by atoms with Crippen LogP contribution in [-0.2, 0) is 11.3 Å². The van der Waals surface area contributed by atoms with Crippen LogP contribution in [0.25, 0.3) is 0 Å². The van der Waals surface area contributed by atoms with Gasteiger partial charge in [0.1, 0.15) is 6.61 Å². The molecule has 0 spiro atoms. The highest BCUT2D eigenvalue weighted by Gasteiger charge is 2.07. The third kappa shape index (κ3) is 5.92. The molecule has 0 aromatic heterocycles. The van der Waals surface area contributed by atoms with E-state index >= 15 is 0 Å². The van der Waals surface area contributed by atoms with Crippen LogP contribution in [-0.4, -0.2) is 12.3 Å². The highest BCUT2D eigenvalue weighted by molar-refractivity contribution is 5.67. The molecule has 0 saturated heterocycles. The molecule has 1 radical (unpaired) electrons. The predicted molar refractivity (Wildman–Crippen MR) is 66.9 cm³/mol. The summed E-state index contributed by atoms with van der Waals surface area (Å²) < 4.78 is 5.03. The lowest BCUT2D eigenvalue weighted by atomic mass is 10.2. The SMILES string of the molecule is [CH2]CCCC(N)NC(=O)OCc1ccccc1. The Morgan fingerprint density at radius 1 is 1.41 bits per heavy atom. The van der Waals surface area contributed by atoms with Crippen LogP contribution in [0.1, 0.15) is 24.8 Å². The molecule has 4 nitrogen and oxygen atoms in total. The fourth-order valence-corrected chi connectivity index (χ4v) is 1.35. The Hall–Kier alpha value is -1.55. The van der Waals surface area contributed by atoms with Gasteiger partial charge < -0.3 is 15.8 Å². The van der Waals surface area contributed by atoms with Gasteiger partial charge in [-0.15, -0.1) is 0 Å². The zero-order valence-corrected chi connectivity index (χ0v) is 9.89. The quantitative estimate of drug-likeness (QED) is 0.743. The number of hydrogen-bond acceptors (Lipinski definition) is 3. The molecule has 0 heterocycles. The molecule has 0 aliphatic heterocycles. The van der Waals surface area contributed by atoms with Gasteiger partial charge in [-0.05, 0) is 12.0 Å². The van der Waals surface area contributed by atoms with Crippen LogP contribution in [0.3, 0.4) is 0 Å². The van der Waals surface area contributed by atoms with E-state index in [0.29, 0.717) is 6.42 Å². The molecular formula is C13H19N2O2. The van der Waals surface area contributed by atoms with Crippen LogP contribution in [0.4, 0.5) is 4.79 Å². The van der Waals surface area contributed by atoms with E-state index in [1.165, 1.54) is 0 Å². The normalized spacial score (nSPS) is 11.9. The first kappa shape index (κ1) is 13.5. The van der Waals surface area contributed by atoms with Crippen molar-refractivity contribution in [2.45, 2.75) is 32.0 Å². The van der Waals surface area contributed by atoms with E-state index in [-0.39, 0.29) is 12.8 Å². The summed E-state index contributed by atoms with van der Waals surface area (Å²) in [6, 6.07) is 9.51.